The van der Waals surface area contributed by atoms with E-state index in [0.717, 1.165) is 11.6 Å². The maximum atomic E-state index is 13.2. The lowest BCUT2D eigenvalue weighted by Crippen LogP contribution is -2.50. The van der Waals surface area contributed by atoms with Crippen molar-refractivity contribution in [1.29, 1.82) is 0 Å². The molecule has 1 heterocycles. The number of piperazine rings is 1. The van der Waals surface area contributed by atoms with Gasteiger partial charge < -0.3 is 9.80 Å². The van der Waals surface area contributed by atoms with E-state index in [4.69, 9.17) is 34.8 Å². The Morgan fingerprint density at radius 3 is 2.21 bits per heavy atom. The molecule has 0 aliphatic carbocycles. The van der Waals surface area contributed by atoms with E-state index < -0.39 is 5.82 Å². The van der Waals surface area contributed by atoms with Crippen LogP contribution in [-0.4, -0.2) is 47.8 Å². The van der Waals surface area contributed by atoms with Crippen molar-refractivity contribution in [1.82, 2.24) is 9.80 Å². The van der Waals surface area contributed by atoms with Crippen molar-refractivity contribution in [2.45, 2.75) is 12.8 Å². The van der Waals surface area contributed by atoms with Crippen LogP contribution in [0.4, 0.5) is 4.39 Å². The summed E-state index contributed by atoms with van der Waals surface area (Å²) in [7, 11) is 0. The predicted octanol–water partition coefficient (Wildman–Crippen LogP) is 4.70. The van der Waals surface area contributed by atoms with Gasteiger partial charge in [-0.05, 0) is 42.3 Å². The van der Waals surface area contributed by atoms with E-state index in [2.05, 4.69) is 0 Å². The third-order valence-electron chi connectivity index (χ3n) is 4.70. The molecule has 0 bridgehead atoms. The Labute approximate surface area is 177 Å². The van der Waals surface area contributed by atoms with Crippen molar-refractivity contribution in [3.05, 3.63) is 68.4 Å². The number of nitrogens with zero attached hydrogens (tertiary/aromatic N) is 2. The first-order valence-electron chi connectivity index (χ1n) is 8.81. The second-order valence-electron chi connectivity index (χ2n) is 6.53. The van der Waals surface area contributed by atoms with Crippen LogP contribution in [0.15, 0.2) is 36.4 Å². The van der Waals surface area contributed by atoms with Gasteiger partial charge in [0.05, 0.1) is 10.6 Å². The summed E-state index contributed by atoms with van der Waals surface area (Å²) in [5.74, 6) is -0.735. The van der Waals surface area contributed by atoms with E-state index >= 15 is 0 Å². The number of aryl methyl sites for hydroxylation is 1. The molecule has 3 rings (SSSR count). The van der Waals surface area contributed by atoms with E-state index in [1.807, 2.05) is 6.07 Å². The van der Waals surface area contributed by atoms with Crippen molar-refractivity contribution in [3.8, 4) is 0 Å². The van der Waals surface area contributed by atoms with Crippen molar-refractivity contribution >= 4 is 46.6 Å². The van der Waals surface area contributed by atoms with Crippen LogP contribution in [0.3, 0.4) is 0 Å². The van der Waals surface area contributed by atoms with Crippen LogP contribution in [0.5, 0.6) is 0 Å². The van der Waals surface area contributed by atoms with Gasteiger partial charge in [0.1, 0.15) is 5.82 Å². The Morgan fingerprint density at radius 2 is 1.57 bits per heavy atom. The van der Waals surface area contributed by atoms with Crippen LogP contribution in [-0.2, 0) is 11.2 Å². The molecule has 0 spiro atoms. The van der Waals surface area contributed by atoms with Gasteiger partial charge in [-0.25, -0.2) is 4.39 Å². The van der Waals surface area contributed by atoms with Crippen LogP contribution in [0.1, 0.15) is 22.3 Å². The third kappa shape index (κ3) is 4.96. The normalized spacial score (nSPS) is 14.3. The second kappa shape index (κ2) is 9.12. The minimum Gasteiger partial charge on any atom is -0.339 e. The van der Waals surface area contributed by atoms with Gasteiger partial charge in [-0.2, -0.15) is 0 Å². The summed E-state index contributed by atoms with van der Waals surface area (Å²) in [6.45, 7) is 1.69. The average molecular weight is 444 g/mol. The molecule has 0 aromatic heterocycles. The van der Waals surface area contributed by atoms with Gasteiger partial charge in [0.15, 0.2) is 0 Å². The molecule has 0 unspecified atom stereocenters. The van der Waals surface area contributed by atoms with Crippen molar-refractivity contribution in [2.75, 3.05) is 26.2 Å². The van der Waals surface area contributed by atoms with Crippen molar-refractivity contribution in [2.24, 2.45) is 0 Å². The molecule has 4 nitrogen and oxygen atoms in total. The van der Waals surface area contributed by atoms with Gasteiger partial charge in [0.2, 0.25) is 5.91 Å². The maximum absolute atomic E-state index is 13.2. The van der Waals surface area contributed by atoms with Crippen molar-refractivity contribution in [3.63, 3.8) is 0 Å². The molecule has 1 fully saturated rings. The fraction of sp³-hybridized carbons (Fsp3) is 0.300. The molecule has 0 saturated carbocycles. The summed E-state index contributed by atoms with van der Waals surface area (Å²) in [6.07, 6.45) is 0.859. The number of carbonyl (C=O) groups excluding carboxylic acids is 2. The lowest BCUT2D eigenvalue weighted by Gasteiger charge is -2.35. The lowest BCUT2D eigenvalue weighted by molar-refractivity contribution is -0.132. The monoisotopic (exact) mass is 442 g/mol. The lowest BCUT2D eigenvalue weighted by atomic mass is 10.1. The van der Waals surface area contributed by atoms with E-state index in [1.54, 1.807) is 21.9 Å². The zero-order valence-corrected chi connectivity index (χ0v) is 17.2. The molecule has 0 radical (unpaired) electrons. The average Bonchev–Trinajstić information content (AvgIpc) is 2.67. The molecular weight excluding hydrogens is 426 g/mol. The van der Waals surface area contributed by atoms with Crippen LogP contribution >= 0.6 is 34.8 Å². The number of benzene rings is 2. The molecule has 8 heteroatoms. The van der Waals surface area contributed by atoms with E-state index in [-0.39, 0.29) is 22.4 Å². The first kappa shape index (κ1) is 20.9. The van der Waals surface area contributed by atoms with Gasteiger partial charge >= 0.3 is 0 Å². The Balaban J connectivity index is 1.53. The molecule has 1 saturated heterocycles. The van der Waals surface area contributed by atoms with Crippen molar-refractivity contribution < 1.29 is 14.0 Å². The third-order valence-corrected chi connectivity index (χ3v) is 5.60. The summed E-state index contributed by atoms with van der Waals surface area (Å²) in [5, 5.41) is 1.19. The van der Waals surface area contributed by atoms with Gasteiger partial charge in [0, 0.05) is 42.6 Å². The minimum absolute atomic E-state index is 0.0120. The fourth-order valence-electron chi connectivity index (χ4n) is 3.12. The first-order valence-corrected chi connectivity index (χ1v) is 9.94. The molecular formula is C20H18Cl3FN2O2. The molecule has 148 valence electrons. The summed E-state index contributed by atoms with van der Waals surface area (Å²) in [6, 6.07) is 8.94. The Kier molecular flexibility index (Phi) is 6.81. The summed E-state index contributed by atoms with van der Waals surface area (Å²) < 4.78 is 13.2. The van der Waals surface area contributed by atoms with Gasteiger partial charge in [-0.15, -0.1) is 0 Å². The molecule has 0 N–H and O–H groups in total. The van der Waals surface area contributed by atoms with Crippen LogP contribution in [0.25, 0.3) is 0 Å². The highest BCUT2D eigenvalue weighted by atomic mass is 35.5. The number of hydrogen-bond acceptors (Lipinski definition) is 2. The van der Waals surface area contributed by atoms with E-state index in [1.165, 1.54) is 12.1 Å². The Bertz CT molecular complexity index is 899. The van der Waals surface area contributed by atoms with Crippen LogP contribution in [0, 0.1) is 5.82 Å². The van der Waals surface area contributed by atoms with E-state index in [9.17, 15) is 14.0 Å². The molecule has 1 aliphatic rings. The molecule has 2 amide bonds. The largest absolute Gasteiger partial charge is 0.339 e. The highest BCUT2D eigenvalue weighted by Gasteiger charge is 2.26. The number of amides is 2. The SMILES string of the molecule is O=C(CCc1ccc(Cl)cc1Cl)N1CCN(C(=O)c2ccc(F)cc2Cl)CC1. The maximum Gasteiger partial charge on any atom is 0.255 e. The van der Waals surface area contributed by atoms with Gasteiger partial charge in [0.25, 0.3) is 5.91 Å². The van der Waals surface area contributed by atoms with Gasteiger partial charge in [-0.1, -0.05) is 40.9 Å². The number of halogens is 4. The Morgan fingerprint density at radius 1 is 0.893 bits per heavy atom. The van der Waals surface area contributed by atoms with Gasteiger partial charge in [-0.3, -0.25) is 9.59 Å². The fourth-order valence-corrected chi connectivity index (χ4v) is 3.87. The predicted molar refractivity (Wildman–Crippen MR) is 109 cm³/mol. The zero-order chi connectivity index (χ0) is 20.3. The quantitative estimate of drug-likeness (QED) is 0.687. The van der Waals surface area contributed by atoms with Crippen LogP contribution in [0.2, 0.25) is 15.1 Å². The minimum atomic E-state index is -0.488. The summed E-state index contributed by atoms with van der Waals surface area (Å²) in [5.41, 5.74) is 1.14. The molecule has 0 atom stereocenters. The molecule has 2 aromatic rings. The zero-order valence-electron chi connectivity index (χ0n) is 14.9. The standard InChI is InChI=1S/C20H18Cl3FN2O2/c21-14-3-1-13(17(22)11-14)2-6-19(27)25-7-9-26(10-8-25)20(28)16-5-4-15(24)12-18(16)23/h1,3-5,11-12H,2,6-10H2. The molecule has 28 heavy (non-hydrogen) atoms. The highest BCUT2D eigenvalue weighted by Crippen LogP contribution is 2.23. The Hall–Kier alpha value is -1.82. The van der Waals surface area contributed by atoms with E-state index in [0.29, 0.717) is 49.1 Å². The highest BCUT2D eigenvalue weighted by molar-refractivity contribution is 6.35. The summed E-state index contributed by atoms with van der Waals surface area (Å²) >= 11 is 18.0. The number of rotatable bonds is 4. The first-order chi connectivity index (χ1) is 13.3. The second-order valence-corrected chi connectivity index (χ2v) is 7.78. The molecule has 1 aliphatic heterocycles. The number of carbonyl (C=O) groups is 2. The topological polar surface area (TPSA) is 40.6 Å². The smallest absolute Gasteiger partial charge is 0.255 e. The molecule has 2 aromatic carbocycles. The number of hydrogen-bond donors (Lipinski definition) is 0. The van der Waals surface area contributed by atoms with Crippen LogP contribution < -0.4 is 0 Å². The summed E-state index contributed by atoms with van der Waals surface area (Å²) in [4.78, 5) is 28.4.